The Bertz CT molecular complexity index is 517. The summed E-state index contributed by atoms with van der Waals surface area (Å²) in [6.45, 7) is 0. The first-order valence-electron chi connectivity index (χ1n) is 5.34. The predicted octanol–water partition coefficient (Wildman–Crippen LogP) is 1.49. The van der Waals surface area contributed by atoms with Crippen LogP contribution in [0.25, 0.3) is 11.0 Å². The molecular weight excluding hydrogens is 206 g/mol. The summed E-state index contributed by atoms with van der Waals surface area (Å²) < 4.78 is 7.12. The Labute approximate surface area is 92.6 Å². The highest BCUT2D eigenvalue weighted by atomic mass is 16.5. The Kier molecular flexibility index (Phi) is 2.07. The minimum absolute atomic E-state index is 0.249. The third kappa shape index (κ3) is 1.36. The zero-order chi connectivity index (χ0) is 11.1. The maximum atomic E-state index is 9.45. The molecule has 1 aliphatic carbocycles. The van der Waals surface area contributed by atoms with Crippen LogP contribution >= 0.6 is 0 Å². The standard InChI is InChI=1S/C11H13N3O2/c1-16-9-4-7(5-9)14-11-6-8(15)2-3-10(11)12-13-14/h2-3,6-7,9,15H,4-5H2,1H3. The lowest BCUT2D eigenvalue weighted by Crippen LogP contribution is -2.33. The molecule has 0 amide bonds. The first-order valence-corrected chi connectivity index (χ1v) is 5.34. The fourth-order valence-electron chi connectivity index (χ4n) is 2.12. The number of phenols is 1. The molecule has 0 spiro atoms. The van der Waals surface area contributed by atoms with E-state index in [-0.39, 0.29) is 5.75 Å². The van der Waals surface area contributed by atoms with Crippen LogP contribution in [-0.2, 0) is 4.74 Å². The summed E-state index contributed by atoms with van der Waals surface area (Å²) in [4.78, 5) is 0. The van der Waals surface area contributed by atoms with Crippen molar-refractivity contribution in [1.82, 2.24) is 15.0 Å². The van der Waals surface area contributed by atoms with Gasteiger partial charge in [0, 0.05) is 13.2 Å². The van der Waals surface area contributed by atoms with E-state index in [1.54, 1.807) is 25.3 Å². The topological polar surface area (TPSA) is 60.2 Å². The summed E-state index contributed by atoms with van der Waals surface area (Å²) >= 11 is 0. The number of ether oxygens (including phenoxy) is 1. The molecule has 5 heteroatoms. The lowest BCUT2D eigenvalue weighted by Gasteiger charge is -2.34. The van der Waals surface area contributed by atoms with E-state index in [2.05, 4.69) is 10.3 Å². The van der Waals surface area contributed by atoms with E-state index in [0.29, 0.717) is 12.1 Å². The van der Waals surface area contributed by atoms with Crippen molar-refractivity contribution in [2.45, 2.75) is 25.0 Å². The zero-order valence-corrected chi connectivity index (χ0v) is 9.00. The van der Waals surface area contributed by atoms with E-state index in [1.165, 1.54) is 0 Å². The number of hydrogen-bond acceptors (Lipinski definition) is 4. The number of methoxy groups -OCH3 is 1. The van der Waals surface area contributed by atoms with Crippen LogP contribution in [0.5, 0.6) is 5.75 Å². The SMILES string of the molecule is COC1CC(n2nnc3ccc(O)cc32)C1. The third-order valence-electron chi connectivity index (χ3n) is 3.20. The molecule has 0 atom stereocenters. The van der Waals surface area contributed by atoms with E-state index in [0.717, 1.165) is 23.9 Å². The minimum Gasteiger partial charge on any atom is -0.508 e. The molecule has 84 valence electrons. The van der Waals surface area contributed by atoms with E-state index in [1.807, 2.05) is 4.68 Å². The Hall–Kier alpha value is -1.62. The van der Waals surface area contributed by atoms with Crippen molar-refractivity contribution in [3.8, 4) is 5.75 Å². The lowest BCUT2D eigenvalue weighted by atomic mass is 9.89. The molecule has 2 aromatic rings. The van der Waals surface area contributed by atoms with Gasteiger partial charge >= 0.3 is 0 Å². The maximum Gasteiger partial charge on any atom is 0.117 e. The van der Waals surface area contributed by atoms with Crippen molar-refractivity contribution < 1.29 is 9.84 Å². The molecule has 1 aromatic carbocycles. The fraction of sp³-hybridized carbons (Fsp3) is 0.455. The van der Waals surface area contributed by atoms with Gasteiger partial charge < -0.3 is 9.84 Å². The van der Waals surface area contributed by atoms with E-state index in [4.69, 9.17) is 4.74 Å². The van der Waals surface area contributed by atoms with Crippen molar-refractivity contribution in [2.75, 3.05) is 7.11 Å². The highest BCUT2D eigenvalue weighted by Gasteiger charge is 2.32. The molecule has 1 heterocycles. The molecule has 0 saturated heterocycles. The van der Waals surface area contributed by atoms with Gasteiger partial charge in [0.1, 0.15) is 11.3 Å². The fourth-order valence-corrected chi connectivity index (χ4v) is 2.12. The third-order valence-corrected chi connectivity index (χ3v) is 3.20. The van der Waals surface area contributed by atoms with E-state index < -0.39 is 0 Å². The van der Waals surface area contributed by atoms with Crippen LogP contribution in [-0.4, -0.2) is 33.3 Å². The molecule has 0 bridgehead atoms. The Morgan fingerprint density at radius 2 is 2.25 bits per heavy atom. The molecule has 3 rings (SSSR count). The second-order valence-corrected chi connectivity index (χ2v) is 4.19. The quantitative estimate of drug-likeness (QED) is 0.831. The van der Waals surface area contributed by atoms with Crippen molar-refractivity contribution >= 4 is 11.0 Å². The van der Waals surface area contributed by atoms with Gasteiger partial charge in [0.05, 0.1) is 17.7 Å². The number of hydrogen-bond donors (Lipinski definition) is 1. The maximum absolute atomic E-state index is 9.45. The first-order chi connectivity index (χ1) is 7.78. The van der Waals surface area contributed by atoms with Crippen LogP contribution < -0.4 is 0 Å². The number of fused-ring (bicyclic) bond motifs is 1. The molecule has 1 aliphatic rings. The molecule has 1 aromatic heterocycles. The number of nitrogens with zero attached hydrogens (tertiary/aromatic N) is 3. The first kappa shape index (κ1) is 9.59. The molecular formula is C11H13N3O2. The number of aromatic hydroxyl groups is 1. The summed E-state index contributed by atoms with van der Waals surface area (Å²) in [7, 11) is 1.73. The molecule has 16 heavy (non-hydrogen) atoms. The predicted molar refractivity (Wildman–Crippen MR) is 58.3 cm³/mol. The average Bonchev–Trinajstić information content (AvgIpc) is 2.60. The monoisotopic (exact) mass is 219 g/mol. The largest absolute Gasteiger partial charge is 0.508 e. The summed E-state index contributed by atoms with van der Waals surface area (Å²) in [5.74, 6) is 0.249. The Balaban J connectivity index is 1.96. The Morgan fingerprint density at radius 1 is 1.44 bits per heavy atom. The lowest BCUT2D eigenvalue weighted by molar-refractivity contribution is 0.00332. The van der Waals surface area contributed by atoms with Gasteiger partial charge in [-0.15, -0.1) is 5.10 Å². The van der Waals surface area contributed by atoms with Crippen molar-refractivity contribution in [3.63, 3.8) is 0 Å². The second kappa shape index (κ2) is 3.45. The van der Waals surface area contributed by atoms with Gasteiger partial charge in [0.2, 0.25) is 0 Å². The number of aromatic nitrogens is 3. The highest BCUT2D eigenvalue weighted by molar-refractivity contribution is 5.76. The van der Waals surface area contributed by atoms with Gasteiger partial charge in [-0.1, -0.05) is 5.21 Å². The summed E-state index contributed by atoms with van der Waals surface area (Å²) in [6.07, 6.45) is 2.26. The van der Waals surface area contributed by atoms with Crippen LogP contribution in [0.2, 0.25) is 0 Å². The van der Waals surface area contributed by atoms with Crippen molar-refractivity contribution in [1.29, 1.82) is 0 Å². The summed E-state index contributed by atoms with van der Waals surface area (Å²) in [5, 5.41) is 17.7. The van der Waals surface area contributed by atoms with Gasteiger partial charge in [-0.3, -0.25) is 0 Å². The van der Waals surface area contributed by atoms with Gasteiger partial charge in [0.15, 0.2) is 0 Å². The normalized spacial score (nSPS) is 24.6. The zero-order valence-electron chi connectivity index (χ0n) is 9.00. The number of benzene rings is 1. The van der Waals surface area contributed by atoms with Crippen LogP contribution in [0.1, 0.15) is 18.9 Å². The van der Waals surface area contributed by atoms with Crippen LogP contribution in [0.3, 0.4) is 0 Å². The smallest absolute Gasteiger partial charge is 0.117 e. The highest BCUT2D eigenvalue weighted by Crippen LogP contribution is 2.35. The van der Waals surface area contributed by atoms with Crippen LogP contribution in [0.4, 0.5) is 0 Å². The second-order valence-electron chi connectivity index (χ2n) is 4.19. The average molecular weight is 219 g/mol. The summed E-state index contributed by atoms with van der Waals surface area (Å²) in [5.41, 5.74) is 1.71. The molecule has 0 aliphatic heterocycles. The molecule has 1 saturated carbocycles. The van der Waals surface area contributed by atoms with Gasteiger partial charge in [-0.05, 0) is 25.0 Å². The van der Waals surface area contributed by atoms with E-state index in [9.17, 15) is 5.11 Å². The minimum atomic E-state index is 0.249. The van der Waals surface area contributed by atoms with Crippen LogP contribution in [0.15, 0.2) is 18.2 Å². The number of rotatable bonds is 2. The molecule has 1 N–H and O–H groups in total. The molecule has 0 unspecified atom stereocenters. The van der Waals surface area contributed by atoms with Gasteiger partial charge in [-0.25, -0.2) is 4.68 Å². The van der Waals surface area contributed by atoms with E-state index >= 15 is 0 Å². The van der Waals surface area contributed by atoms with Crippen molar-refractivity contribution in [3.05, 3.63) is 18.2 Å². The molecule has 1 fully saturated rings. The van der Waals surface area contributed by atoms with Gasteiger partial charge in [0.25, 0.3) is 0 Å². The molecule has 5 nitrogen and oxygen atoms in total. The summed E-state index contributed by atoms with van der Waals surface area (Å²) in [6, 6.07) is 5.45. The van der Waals surface area contributed by atoms with Gasteiger partial charge in [-0.2, -0.15) is 0 Å². The van der Waals surface area contributed by atoms with Crippen molar-refractivity contribution in [2.24, 2.45) is 0 Å². The number of phenolic OH excluding ortho intramolecular Hbond substituents is 1. The van der Waals surface area contributed by atoms with Crippen LogP contribution in [0, 0.1) is 0 Å². The molecule has 0 radical (unpaired) electrons. The Morgan fingerprint density at radius 3 is 3.00 bits per heavy atom.